The Morgan fingerprint density at radius 1 is 1.15 bits per heavy atom. The van der Waals surface area contributed by atoms with Crippen molar-refractivity contribution in [2.45, 2.75) is 68.3 Å². The molecule has 4 fully saturated rings. The fourth-order valence-electron chi connectivity index (χ4n) is 4.64. The Labute approximate surface area is 163 Å². The molecular weight excluding hydrogens is 364 g/mol. The Morgan fingerprint density at radius 3 is 2.22 bits per heavy atom. The van der Waals surface area contributed by atoms with Gasteiger partial charge in [-0.3, -0.25) is 10.6 Å². The van der Waals surface area contributed by atoms with Crippen LogP contribution in [0.4, 0.5) is 0 Å². The van der Waals surface area contributed by atoms with Gasteiger partial charge in [0.25, 0.3) is 0 Å². The van der Waals surface area contributed by atoms with Crippen molar-refractivity contribution >= 4 is 23.9 Å². The second-order valence-corrected chi connectivity index (χ2v) is 11.3. The first kappa shape index (κ1) is 19.7. The molecule has 1 aliphatic carbocycles. The Balaban J connectivity index is 1.35. The summed E-state index contributed by atoms with van der Waals surface area (Å²) in [5, 5.41) is 6.78. The zero-order valence-corrected chi connectivity index (χ0v) is 17.0. The molecule has 10 heteroatoms. The largest absolute Gasteiger partial charge is 0.423 e. The highest BCUT2D eigenvalue weighted by Gasteiger charge is 2.54. The van der Waals surface area contributed by atoms with Gasteiger partial charge in [0.2, 0.25) is 0 Å². The van der Waals surface area contributed by atoms with Crippen LogP contribution >= 0.6 is 0 Å². The third-order valence-electron chi connectivity index (χ3n) is 6.46. The van der Waals surface area contributed by atoms with E-state index >= 15 is 0 Å². The van der Waals surface area contributed by atoms with Crippen LogP contribution in [0.2, 0.25) is 0 Å². The molecule has 4 rings (SSSR count). The number of nitrogens with one attached hydrogen (secondary N) is 2. The van der Waals surface area contributed by atoms with Gasteiger partial charge >= 0.3 is 14.1 Å². The predicted molar refractivity (Wildman–Crippen MR) is 106 cm³/mol. The molecular formula is C17H29B2N3O4S. The van der Waals surface area contributed by atoms with E-state index in [0.717, 1.165) is 45.2 Å². The predicted octanol–water partition coefficient (Wildman–Crippen LogP) is -0.325. The molecule has 27 heavy (non-hydrogen) atoms. The molecule has 3 unspecified atom stereocenters. The Morgan fingerprint density at radius 2 is 1.74 bits per heavy atom. The van der Waals surface area contributed by atoms with Crippen molar-refractivity contribution in [3.63, 3.8) is 0 Å². The molecule has 3 heterocycles. The lowest BCUT2D eigenvalue weighted by molar-refractivity contribution is 0.174. The first-order chi connectivity index (χ1) is 12.9. The summed E-state index contributed by atoms with van der Waals surface area (Å²) in [6.07, 6.45) is 9.21. The molecule has 2 N–H and O–H groups in total. The Bertz CT molecular complexity index is 673. The maximum Gasteiger partial charge on any atom is 0.399 e. The van der Waals surface area contributed by atoms with Crippen molar-refractivity contribution in [1.82, 2.24) is 15.4 Å². The first-order valence-electron chi connectivity index (χ1n) is 10.1. The number of terminal acetylenes is 1. The fraction of sp³-hybridized carbons (Fsp3) is 0.882. The molecule has 3 aliphatic heterocycles. The van der Waals surface area contributed by atoms with Crippen LogP contribution in [0.25, 0.3) is 0 Å². The van der Waals surface area contributed by atoms with E-state index < -0.39 is 9.84 Å². The van der Waals surface area contributed by atoms with Gasteiger partial charge in [0.1, 0.15) is 0 Å². The van der Waals surface area contributed by atoms with Gasteiger partial charge in [-0.1, -0.05) is 5.92 Å². The zero-order chi connectivity index (χ0) is 19.2. The molecule has 3 atom stereocenters. The highest BCUT2D eigenvalue weighted by molar-refractivity contribution is 7.92. The molecule has 0 aromatic carbocycles. The third kappa shape index (κ3) is 4.09. The van der Waals surface area contributed by atoms with Gasteiger partial charge in [0.15, 0.2) is 9.84 Å². The monoisotopic (exact) mass is 393 g/mol. The molecule has 148 valence electrons. The van der Waals surface area contributed by atoms with Gasteiger partial charge in [-0.05, 0) is 45.4 Å². The minimum absolute atomic E-state index is 0.00362. The van der Waals surface area contributed by atoms with Crippen LogP contribution in [-0.4, -0.2) is 75.5 Å². The summed E-state index contributed by atoms with van der Waals surface area (Å²) in [5.74, 6) is 3.35. The summed E-state index contributed by atoms with van der Waals surface area (Å²) < 4.78 is 38.0. The highest BCUT2D eigenvalue weighted by Crippen LogP contribution is 2.33. The highest BCUT2D eigenvalue weighted by atomic mass is 32.2. The van der Waals surface area contributed by atoms with Crippen LogP contribution in [0.3, 0.4) is 0 Å². The Kier molecular flexibility index (Phi) is 5.63. The lowest BCUT2D eigenvalue weighted by atomic mass is 9.74. The maximum atomic E-state index is 12.4. The lowest BCUT2D eigenvalue weighted by Gasteiger charge is -2.44. The number of rotatable bonds is 6. The smallest absolute Gasteiger partial charge is 0.399 e. The summed E-state index contributed by atoms with van der Waals surface area (Å²) >= 11 is 0. The van der Waals surface area contributed by atoms with E-state index in [4.69, 9.17) is 15.7 Å². The summed E-state index contributed by atoms with van der Waals surface area (Å²) in [5.41, 5.74) is 0. The molecule has 1 saturated carbocycles. The van der Waals surface area contributed by atoms with Gasteiger partial charge in [0, 0.05) is 12.6 Å². The van der Waals surface area contributed by atoms with Crippen molar-refractivity contribution in [1.29, 1.82) is 0 Å². The van der Waals surface area contributed by atoms with Crippen molar-refractivity contribution in [3.8, 4) is 12.3 Å². The third-order valence-corrected chi connectivity index (χ3v) is 9.18. The quantitative estimate of drug-likeness (QED) is 0.363. The number of piperazine rings is 1. The second kappa shape index (κ2) is 7.69. The number of sulfone groups is 1. The minimum atomic E-state index is -3.00. The van der Waals surface area contributed by atoms with E-state index in [1.54, 1.807) is 13.8 Å². The van der Waals surface area contributed by atoms with Crippen LogP contribution in [0.1, 0.15) is 39.5 Å². The van der Waals surface area contributed by atoms with Gasteiger partial charge in [-0.2, -0.15) is 0 Å². The van der Waals surface area contributed by atoms with E-state index in [1.807, 2.05) is 0 Å². The van der Waals surface area contributed by atoms with Crippen LogP contribution in [-0.2, 0) is 19.1 Å². The molecule has 0 amide bonds. The van der Waals surface area contributed by atoms with Crippen molar-refractivity contribution in [2.24, 2.45) is 5.92 Å². The molecule has 0 bridgehead atoms. The molecule has 3 saturated heterocycles. The fourth-order valence-corrected chi connectivity index (χ4v) is 6.34. The summed E-state index contributed by atoms with van der Waals surface area (Å²) in [4.78, 5) is 0. The van der Waals surface area contributed by atoms with Gasteiger partial charge in [-0.25, -0.2) is 8.42 Å². The normalized spacial score (nSPS) is 36.8. The second-order valence-electron chi connectivity index (χ2n) is 8.47. The van der Waals surface area contributed by atoms with E-state index in [0.29, 0.717) is 5.92 Å². The minimum Gasteiger partial charge on any atom is -0.423 e. The SMILES string of the molecule is C#CC1NC(C2CCC(S(=O)(=O)C(C)C)CC2)CNC1N(B1CO1)B1CO1. The summed E-state index contributed by atoms with van der Waals surface area (Å²) in [7, 11) is -2.80. The van der Waals surface area contributed by atoms with Gasteiger partial charge < -0.3 is 14.0 Å². The van der Waals surface area contributed by atoms with Crippen LogP contribution in [0, 0.1) is 18.3 Å². The van der Waals surface area contributed by atoms with E-state index in [2.05, 4.69) is 21.3 Å². The van der Waals surface area contributed by atoms with E-state index in [1.165, 1.54) is 0 Å². The molecule has 0 aromatic rings. The molecule has 0 aromatic heterocycles. The first-order valence-corrected chi connectivity index (χ1v) is 11.7. The van der Waals surface area contributed by atoms with Gasteiger partial charge in [0.05, 0.1) is 35.7 Å². The zero-order valence-electron chi connectivity index (χ0n) is 16.1. The molecule has 0 spiro atoms. The van der Waals surface area contributed by atoms with Crippen LogP contribution < -0.4 is 10.6 Å². The average molecular weight is 393 g/mol. The number of nitrogens with zero attached hydrogens (tertiary/aromatic N) is 1. The Hall–Kier alpha value is -0.560. The van der Waals surface area contributed by atoms with Crippen molar-refractivity contribution in [2.75, 3.05) is 19.6 Å². The van der Waals surface area contributed by atoms with Crippen LogP contribution in [0.15, 0.2) is 0 Å². The van der Waals surface area contributed by atoms with Crippen molar-refractivity contribution < 1.29 is 17.7 Å². The number of hydrogen-bond donors (Lipinski definition) is 2. The topological polar surface area (TPSA) is 86.5 Å². The summed E-state index contributed by atoms with van der Waals surface area (Å²) in [6, 6.07) is 0.154. The van der Waals surface area contributed by atoms with Crippen LogP contribution in [0.5, 0.6) is 0 Å². The summed E-state index contributed by atoms with van der Waals surface area (Å²) in [6.45, 7) is 5.85. The average Bonchev–Trinajstić information content (AvgIpc) is 3.57. The maximum absolute atomic E-state index is 12.4. The standard InChI is InChI=1S/C17H29B2N3O4S/c1-4-15-17(22(18-10-25-18)19-11-26-19)20-9-16(21-15)13-5-7-14(8-6-13)27(23,24)12(2)3/h1,12-17,20-21H,5-11H2,2-3H3. The van der Waals surface area contributed by atoms with E-state index in [9.17, 15) is 8.42 Å². The number of hydrogen-bond acceptors (Lipinski definition) is 7. The van der Waals surface area contributed by atoms with Gasteiger partial charge in [-0.15, -0.1) is 6.42 Å². The van der Waals surface area contributed by atoms with Crippen molar-refractivity contribution in [3.05, 3.63) is 0 Å². The molecule has 4 aliphatic rings. The lowest BCUT2D eigenvalue weighted by Crippen LogP contribution is -2.69. The van der Waals surface area contributed by atoms with E-state index in [-0.39, 0.29) is 42.9 Å². The molecule has 0 radical (unpaired) electrons. The molecule has 7 nitrogen and oxygen atoms in total.